The smallest absolute Gasteiger partial charge is 0.306 e. The molecule has 4 nitrogen and oxygen atoms in total. The minimum atomic E-state index is -0.233. The Kier molecular flexibility index (Phi) is 6.68. The second-order valence-corrected chi connectivity index (χ2v) is 2.37. The fraction of sp³-hybridized carbons (Fsp3) is 0.800. The first-order valence-electron chi connectivity index (χ1n) is 2.98. The van der Waals surface area contributed by atoms with Crippen molar-refractivity contribution in [1.82, 2.24) is 0 Å². The molecule has 4 N–H and O–H groups in total. The maximum absolute atomic E-state index is 10.6. The van der Waals surface area contributed by atoms with E-state index in [1.54, 1.807) is 0 Å². The lowest BCUT2D eigenvalue weighted by molar-refractivity contribution is -0.142. The van der Waals surface area contributed by atoms with Crippen LogP contribution < -0.4 is 10.9 Å². The molecule has 0 amide bonds. The third-order valence-electron chi connectivity index (χ3n) is 0.805. The number of hydrogen-bond acceptors (Lipinski definition) is 5. The van der Waals surface area contributed by atoms with Gasteiger partial charge in [-0.2, -0.15) is 0 Å². The third kappa shape index (κ3) is 5.87. The second-order valence-electron chi connectivity index (χ2n) is 1.63. The van der Waals surface area contributed by atoms with Gasteiger partial charge in [-0.3, -0.25) is 9.93 Å². The van der Waals surface area contributed by atoms with Crippen molar-refractivity contribution in [2.24, 2.45) is 10.9 Å². The van der Waals surface area contributed by atoms with Crippen molar-refractivity contribution in [3.05, 3.63) is 0 Å². The van der Waals surface area contributed by atoms with Crippen molar-refractivity contribution in [3.63, 3.8) is 0 Å². The summed E-state index contributed by atoms with van der Waals surface area (Å²) in [7, 11) is 0. The summed E-state index contributed by atoms with van der Waals surface area (Å²) in [5, 5.41) is 5.09. The summed E-state index contributed by atoms with van der Waals surface area (Å²) >= 11 is 1.13. The number of carbonyl (C=O) groups excluding carboxylic acids is 1. The van der Waals surface area contributed by atoms with E-state index in [1.165, 1.54) is 0 Å². The minimum Gasteiger partial charge on any atom is -0.464 e. The van der Waals surface area contributed by atoms with Crippen LogP contribution in [0.15, 0.2) is 0 Å². The van der Waals surface area contributed by atoms with Crippen LogP contribution in [0.2, 0.25) is 0 Å². The molecule has 0 saturated carbocycles. The van der Waals surface area contributed by atoms with E-state index in [0.717, 1.165) is 11.9 Å². The molecule has 0 aliphatic rings. The van der Waals surface area contributed by atoms with Gasteiger partial charge < -0.3 is 10.5 Å². The van der Waals surface area contributed by atoms with Gasteiger partial charge in [0, 0.05) is 12.3 Å². The Bertz CT molecular complexity index is 89.6. The summed E-state index contributed by atoms with van der Waals surface area (Å²) in [6.07, 6.45) is 0.362. The first kappa shape index (κ1) is 9.74. The second kappa shape index (κ2) is 6.85. The Labute approximate surface area is 64.4 Å². The lowest BCUT2D eigenvalue weighted by Crippen LogP contribution is -2.13. The largest absolute Gasteiger partial charge is 0.464 e. The lowest BCUT2D eigenvalue weighted by Gasteiger charge is -2.00. The highest BCUT2D eigenvalue weighted by molar-refractivity contribution is 7.97. The number of rotatable bonds is 5. The molecular weight excluding hydrogens is 152 g/mol. The predicted molar refractivity (Wildman–Crippen MR) is 41.3 cm³/mol. The number of nitrogens with two attached hydrogens (primary N) is 2. The molecule has 0 spiro atoms. The normalized spacial score (nSPS) is 9.40. The maximum Gasteiger partial charge on any atom is 0.306 e. The maximum atomic E-state index is 10.6. The fourth-order valence-corrected chi connectivity index (χ4v) is 0.672. The molecule has 0 unspecified atom stereocenters. The van der Waals surface area contributed by atoms with E-state index in [1.807, 2.05) is 0 Å². The molecule has 60 valence electrons. The van der Waals surface area contributed by atoms with Crippen molar-refractivity contribution in [1.29, 1.82) is 0 Å². The molecule has 5 heteroatoms. The van der Waals surface area contributed by atoms with Crippen LogP contribution in [0.4, 0.5) is 0 Å². The summed E-state index contributed by atoms with van der Waals surface area (Å²) in [6.45, 7) is 0.676. The zero-order valence-electron chi connectivity index (χ0n) is 5.71. The number of carbonyl (C=O) groups is 1. The molecule has 0 radical (unpaired) electrons. The van der Waals surface area contributed by atoms with Gasteiger partial charge in [-0.1, -0.05) is 11.9 Å². The quantitative estimate of drug-likeness (QED) is 0.422. The van der Waals surface area contributed by atoms with Gasteiger partial charge in [0.25, 0.3) is 0 Å². The Morgan fingerprint density at radius 3 is 2.80 bits per heavy atom. The summed E-state index contributed by atoms with van der Waals surface area (Å²) in [5.41, 5.74) is 5.10. The minimum absolute atomic E-state index is 0.233. The van der Waals surface area contributed by atoms with Crippen LogP contribution >= 0.6 is 11.9 Å². The highest BCUT2D eigenvalue weighted by Gasteiger charge is 1.99. The van der Waals surface area contributed by atoms with Crippen LogP contribution in [0.5, 0.6) is 0 Å². The van der Waals surface area contributed by atoms with Crippen molar-refractivity contribution in [2.75, 3.05) is 18.9 Å². The molecule has 0 aromatic rings. The summed E-state index contributed by atoms with van der Waals surface area (Å²) in [5.74, 6) is 0.368. The Morgan fingerprint density at radius 2 is 2.30 bits per heavy atom. The van der Waals surface area contributed by atoms with Gasteiger partial charge in [0.1, 0.15) is 6.61 Å². The van der Waals surface area contributed by atoms with Crippen molar-refractivity contribution in [2.45, 2.75) is 6.42 Å². The van der Waals surface area contributed by atoms with E-state index in [-0.39, 0.29) is 5.97 Å². The molecule has 0 bridgehead atoms. The fourth-order valence-electron chi connectivity index (χ4n) is 0.387. The van der Waals surface area contributed by atoms with Crippen LogP contribution in [-0.2, 0) is 9.53 Å². The summed E-state index contributed by atoms with van der Waals surface area (Å²) in [4.78, 5) is 10.6. The first-order chi connectivity index (χ1) is 4.81. The molecular formula is C5H12N2O2S. The van der Waals surface area contributed by atoms with Gasteiger partial charge in [-0.25, -0.2) is 0 Å². The standard InChI is InChI=1S/C5H12N2O2S/c6-2-3-9-5(8)1-4-10-7/h1-4,6-7H2. The van der Waals surface area contributed by atoms with Gasteiger partial charge in [0.2, 0.25) is 0 Å². The van der Waals surface area contributed by atoms with E-state index in [2.05, 4.69) is 4.74 Å². The van der Waals surface area contributed by atoms with Crippen molar-refractivity contribution < 1.29 is 9.53 Å². The molecule has 0 rings (SSSR count). The first-order valence-corrected chi connectivity index (χ1v) is 4.03. The van der Waals surface area contributed by atoms with Crippen LogP contribution in [0, 0.1) is 0 Å². The monoisotopic (exact) mass is 164 g/mol. The van der Waals surface area contributed by atoms with Gasteiger partial charge in [0.05, 0.1) is 6.42 Å². The number of hydrogen-bond donors (Lipinski definition) is 2. The third-order valence-corrected chi connectivity index (χ3v) is 1.24. The molecule has 0 saturated heterocycles. The van der Waals surface area contributed by atoms with Crippen molar-refractivity contribution in [3.8, 4) is 0 Å². The van der Waals surface area contributed by atoms with Gasteiger partial charge in [-0.05, 0) is 0 Å². The number of esters is 1. The number of ether oxygens (including phenoxy) is 1. The van der Waals surface area contributed by atoms with E-state index in [0.29, 0.717) is 25.3 Å². The highest BCUT2D eigenvalue weighted by atomic mass is 32.2. The highest BCUT2D eigenvalue weighted by Crippen LogP contribution is 1.92. The molecule has 0 aromatic heterocycles. The summed E-state index contributed by atoms with van der Waals surface area (Å²) in [6, 6.07) is 0. The molecule has 0 fully saturated rings. The lowest BCUT2D eigenvalue weighted by atomic mass is 10.5. The average Bonchev–Trinajstić information content (AvgIpc) is 1.97. The van der Waals surface area contributed by atoms with Gasteiger partial charge in [-0.15, -0.1) is 0 Å². The van der Waals surface area contributed by atoms with Crippen LogP contribution in [0.1, 0.15) is 6.42 Å². The van der Waals surface area contributed by atoms with E-state index in [4.69, 9.17) is 10.9 Å². The molecule has 0 aromatic carbocycles. The Morgan fingerprint density at radius 1 is 1.60 bits per heavy atom. The van der Waals surface area contributed by atoms with E-state index >= 15 is 0 Å². The van der Waals surface area contributed by atoms with E-state index < -0.39 is 0 Å². The molecule has 0 heterocycles. The van der Waals surface area contributed by atoms with Gasteiger partial charge >= 0.3 is 5.97 Å². The topological polar surface area (TPSA) is 78.3 Å². The van der Waals surface area contributed by atoms with Crippen LogP contribution in [0.25, 0.3) is 0 Å². The van der Waals surface area contributed by atoms with E-state index in [9.17, 15) is 4.79 Å². The SMILES string of the molecule is NCCOC(=O)CCSN. The van der Waals surface area contributed by atoms with Crippen LogP contribution in [-0.4, -0.2) is 24.9 Å². The zero-order chi connectivity index (χ0) is 7.82. The Balaban J connectivity index is 3.09. The molecule has 0 atom stereocenters. The molecule has 0 aliphatic carbocycles. The Hall–Kier alpha value is -0.260. The van der Waals surface area contributed by atoms with Gasteiger partial charge in [0.15, 0.2) is 0 Å². The molecule has 0 aliphatic heterocycles. The van der Waals surface area contributed by atoms with Crippen molar-refractivity contribution >= 4 is 17.9 Å². The van der Waals surface area contributed by atoms with Crippen LogP contribution in [0.3, 0.4) is 0 Å². The summed E-state index contributed by atoms with van der Waals surface area (Å²) < 4.78 is 4.66. The zero-order valence-corrected chi connectivity index (χ0v) is 6.52. The molecule has 10 heavy (non-hydrogen) atoms. The average molecular weight is 164 g/mol. The predicted octanol–water partition coefficient (Wildman–Crippen LogP) is -0.515.